The lowest BCUT2D eigenvalue weighted by Gasteiger charge is -2.11. The van der Waals surface area contributed by atoms with Crippen LogP contribution >= 0.6 is 12.2 Å². The smallest absolute Gasteiger partial charge is 0.216 e. The van der Waals surface area contributed by atoms with Crippen LogP contribution in [0.3, 0.4) is 0 Å². The van der Waals surface area contributed by atoms with E-state index < -0.39 is 0 Å². The van der Waals surface area contributed by atoms with Gasteiger partial charge in [-0.3, -0.25) is 0 Å². The van der Waals surface area contributed by atoms with Gasteiger partial charge in [-0.15, -0.1) is 0 Å². The van der Waals surface area contributed by atoms with E-state index >= 15 is 0 Å². The molecule has 5 nitrogen and oxygen atoms in total. The van der Waals surface area contributed by atoms with Gasteiger partial charge in [0, 0.05) is 29.1 Å². The van der Waals surface area contributed by atoms with Gasteiger partial charge in [0.1, 0.15) is 5.82 Å². The van der Waals surface area contributed by atoms with Gasteiger partial charge in [0.25, 0.3) is 0 Å². The highest BCUT2D eigenvalue weighted by atomic mass is 32.1. The fraction of sp³-hybridized carbons (Fsp3) is 0.316. The maximum atomic E-state index is 13.2. The maximum Gasteiger partial charge on any atom is 0.216 e. The lowest BCUT2D eigenvalue weighted by molar-refractivity contribution is 0.509. The van der Waals surface area contributed by atoms with E-state index in [4.69, 9.17) is 12.2 Å². The quantitative estimate of drug-likeness (QED) is 0.522. The second-order valence-corrected chi connectivity index (χ2v) is 7.13. The average Bonchev–Trinajstić information content (AvgIpc) is 3.08. The van der Waals surface area contributed by atoms with Gasteiger partial charge in [-0.05, 0) is 62.3 Å². The molecule has 0 aliphatic carbocycles. The van der Waals surface area contributed by atoms with E-state index in [2.05, 4.69) is 53.6 Å². The minimum atomic E-state index is -0.296. The average molecular weight is 371 g/mol. The van der Waals surface area contributed by atoms with Crippen LogP contribution in [0.4, 0.5) is 4.39 Å². The lowest BCUT2D eigenvalue weighted by Crippen LogP contribution is -2.08. The second-order valence-electron chi connectivity index (χ2n) is 6.75. The Labute approximate surface area is 157 Å². The molecule has 0 bridgehead atoms. The number of nitrogens with zero attached hydrogens (tertiary/aromatic N) is 4. The fourth-order valence-electron chi connectivity index (χ4n) is 2.91. The Bertz CT molecular complexity index is 992. The first-order valence-corrected chi connectivity index (χ1v) is 8.92. The highest BCUT2D eigenvalue weighted by molar-refractivity contribution is 7.71. The molecule has 3 rings (SSSR count). The predicted octanol–water partition coefficient (Wildman–Crippen LogP) is 4.70. The van der Waals surface area contributed by atoms with Crippen LogP contribution in [0, 0.1) is 30.4 Å². The Hall–Kier alpha value is -2.54. The van der Waals surface area contributed by atoms with Crippen LogP contribution in [-0.4, -0.2) is 25.7 Å². The van der Waals surface area contributed by atoms with Crippen molar-refractivity contribution < 1.29 is 4.39 Å². The summed E-state index contributed by atoms with van der Waals surface area (Å²) < 4.78 is 17.4. The molecule has 3 aromatic rings. The third kappa shape index (κ3) is 3.67. The molecule has 0 radical (unpaired) electrons. The van der Waals surface area contributed by atoms with E-state index in [1.807, 2.05) is 0 Å². The first-order chi connectivity index (χ1) is 12.4. The van der Waals surface area contributed by atoms with Crippen molar-refractivity contribution in [3.05, 3.63) is 57.9 Å². The Balaban J connectivity index is 1.96. The van der Waals surface area contributed by atoms with Gasteiger partial charge < -0.3 is 4.57 Å². The summed E-state index contributed by atoms with van der Waals surface area (Å²) in [7, 11) is 0. The number of aromatic amines is 1. The zero-order valence-electron chi connectivity index (χ0n) is 15.3. The number of halogens is 1. The molecule has 0 spiro atoms. The van der Waals surface area contributed by atoms with E-state index in [9.17, 15) is 4.39 Å². The van der Waals surface area contributed by atoms with Crippen molar-refractivity contribution in [2.75, 3.05) is 0 Å². The highest BCUT2D eigenvalue weighted by Crippen LogP contribution is 2.19. The number of rotatable bonds is 5. The topological polar surface area (TPSA) is 50.9 Å². The number of hydrogen-bond donors (Lipinski definition) is 1. The molecule has 0 atom stereocenters. The van der Waals surface area contributed by atoms with Crippen molar-refractivity contribution >= 4 is 18.4 Å². The van der Waals surface area contributed by atoms with Gasteiger partial charge >= 0.3 is 0 Å². The van der Waals surface area contributed by atoms with E-state index in [1.54, 1.807) is 23.0 Å². The summed E-state index contributed by atoms with van der Waals surface area (Å²) in [4.78, 5) is 0. The predicted molar refractivity (Wildman–Crippen MR) is 105 cm³/mol. The summed E-state index contributed by atoms with van der Waals surface area (Å²) in [6, 6.07) is 8.20. The van der Waals surface area contributed by atoms with E-state index in [0.29, 0.717) is 16.5 Å². The van der Waals surface area contributed by atoms with Crippen LogP contribution < -0.4 is 0 Å². The summed E-state index contributed by atoms with van der Waals surface area (Å²) in [6.45, 7) is 9.56. The maximum absolute atomic E-state index is 13.2. The third-order valence-electron chi connectivity index (χ3n) is 4.23. The summed E-state index contributed by atoms with van der Waals surface area (Å²) in [5, 5.41) is 11.5. The second kappa shape index (κ2) is 7.37. The molecular weight excluding hydrogens is 349 g/mol. The Morgan fingerprint density at radius 2 is 1.96 bits per heavy atom. The summed E-state index contributed by atoms with van der Waals surface area (Å²) in [5.41, 5.74) is 4.14. The van der Waals surface area contributed by atoms with Crippen LogP contribution in [-0.2, 0) is 6.54 Å². The van der Waals surface area contributed by atoms with Gasteiger partial charge in [0.15, 0.2) is 5.82 Å². The number of H-pyrrole nitrogens is 1. The minimum Gasteiger partial charge on any atom is -0.348 e. The summed E-state index contributed by atoms with van der Waals surface area (Å²) in [5.74, 6) is 0.815. The molecular formula is C19H22FN5S. The van der Waals surface area contributed by atoms with Crippen molar-refractivity contribution in [2.24, 2.45) is 11.0 Å². The molecule has 136 valence electrons. The van der Waals surface area contributed by atoms with Crippen LogP contribution in [0.25, 0.3) is 11.4 Å². The number of aromatic nitrogens is 4. The molecule has 0 saturated heterocycles. The molecule has 0 aliphatic rings. The van der Waals surface area contributed by atoms with Gasteiger partial charge in [0.05, 0.1) is 6.21 Å². The molecule has 2 aromatic heterocycles. The zero-order valence-corrected chi connectivity index (χ0v) is 16.1. The number of nitrogens with one attached hydrogen (secondary N) is 1. The van der Waals surface area contributed by atoms with Crippen molar-refractivity contribution in [3.8, 4) is 11.4 Å². The highest BCUT2D eigenvalue weighted by Gasteiger charge is 2.11. The van der Waals surface area contributed by atoms with Gasteiger partial charge in [-0.1, -0.05) is 13.8 Å². The molecule has 0 amide bonds. The zero-order chi connectivity index (χ0) is 18.8. The fourth-order valence-corrected chi connectivity index (χ4v) is 3.09. The van der Waals surface area contributed by atoms with Crippen molar-refractivity contribution in [1.82, 2.24) is 19.4 Å². The van der Waals surface area contributed by atoms with Crippen molar-refractivity contribution in [3.63, 3.8) is 0 Å². The standard InChI is InChI=1S/C19H22FN5S/c1-12(2)11-24-13(3)9-16(14(24)4)10-21-25-18(22-23-19(25)26)15-5-7-17(20)8-6-15/h5-10,12H,11H2,1-4H3,(H,23,26)/b21-10-. The number of benzene rings is 1. The van der Waals surface area contributed by atoms with Crippen LogP contribution in [0.1, 0.15) is 30.8 Å². The third-order valence-corrected chi connectivity index (χ3v) is 4.49. The normalized spacial score (nSPS) is 11.8. The molecule has 2 heterocycles. The Morgan fingerprint density at radius 1 is 1.27 bits per heavy atom. The first kappa shape index (κ1) is 18.3. The molecule has 7 heteroatoms. The molecule has 1 N–H and O–H groups in total. The van der Waals surface area contributed by atoms with Crippen LogP contribution in [0.5, 0.6) is 0 Å². The van der Waals surface area contributed by atoms with Crippen molar-refractivity contribution in [1.29, 1.82) is 0 Å². The van der Waals surface area contributed by atoms with Crippen LogP contribution in [0.15, 0.2) is 35.4 Å². The lowest BCUT2D eigenvalue weighted by atomic mass is 10.2. The molecule has 0 fully saturated rings. The number of hydrogen-bond acceptors (Lipinski definition) is 3. The molecule has 26 heavy (non-hydrogen) atoms. The number of aryl methyl sites for hydroxylation is 1. The molecule has 0 unspecified atom stereocenters. The van der Waals surface area contributed by atoms with Gasteiger partial charge in [-0.25, -0.2) is 9.49 Å². The Kier molecular flexibility index (Phi) is 5.18. The summed E-state index contributed by atoms with van der Waals surface area (Å²) >= 11 is 5.29. The van der Waals surface area contributed by atoms with Crippen molar-refractivity contribution in [2.45, 2.75) is 34.2 Å². The van der Waals surface area contributed by atoms with E-state index in [0.717, 1.165) is 17.7 Å². The molecule has 1 aromatic carbocycles. The first-order valence-electron chi connectivity index (χ1n) is 8.51. The summed E-state index contributed by atoms with van der Waals surface area (Å²) in [6.07, 6.45) is 1.79. The SMILES string of the molecule is Cc1cc(/C=N\n2c(-c3ccc(F)cc3)n[nH]c2=S)c(C)n1CC(C)C. The largest absolute Gasteiger partial charge is 0.348 e. The van der Waals surface area contributed by atoms with Crippen LogP contribution in [0.2, 0.25) is 0 Å². The van der Waals surface area contributed by atoms with E-state index in [-0.39, 0.29) is 5.82 Å². The van der Waals surface area contributed by atoms with E-state index in [1.165, 1.54) is 23.5 Å². The molecule has 0 aliphatic heterocycles. The van der Waals surface area contributed by atoms with Gasteiger partial charge in [0.2, 0.25) is 4.77 Å². The molecule has 0 saturated carbocycles. The Morgan fingerprint density at radius 3 is 2.62 bits per heavy atom. The minimum absolute atomic E-state index is 0.296. The van der Waals surface area contributed by atoms with Gasteiger partial charge in [-0.2, -0.15) is 14.9 Å². The monoisotopic (exact) mass is 371 g/mol.